The van der Waals surface area contributed by atoms with Crippen molar-refractivity contribution in [1.29, 1.82) is 0 Å². The number of hydrogen-bond donors (Lipinski definition) is 2. The molecule has 1 saturated heterocycles. The van der Waals surface area contributed by atoms with Gasteiger partial charge in [0.05, 0.1) is 5.02 Å². The first-order chi connectivity index (χ1) is 9.27. The van der Waals surface area contributed by atoms with E-state index in [9.17, 15) is 18.0 Å². The van der Waals surface area contributed by atoms with E-state index in [0.717, 1.165) is 0 Å². The van der Waals surface area contributed by atoms with Crippen LogP contribution in [0, 0.1) is 0 Å². The van der Waals surface area contributed by atoms with Crippen molar-refractivity contribution in [3.63, 3.8) is 0 Å². The van der Waals surface area contributed by atoms with Crippen LogP contribution in [-0.4, -0.2) is 47.6 Å². The van der Waals surface area contributed by atoms with Gasteiger partial charge in [0.1, 0.15) is 11.7 Å². The van der Waals surface area contributed by atoms with E-state index in [4.69, 9.17) is 11.6 Å². The molecule has 2 N–H and O–H groups in total. The average molecular weight is 310 g/mol. The van der Waals surface area contributed by atoms with Crippen molar-refractivity contribution < 1.29 is 18.0 Å². The van der Waals surface area contributed by atoms with Crippen molar-refractivity contribution in [2.24, 2.45) is 0 Å². The van der Waals surface area contributed by atoms with Crippen LogP contribution in [0.25, 0.3) is 0 Å². The van der Waals surface area contributed by atoms with E-state index in [1.165, 1.54) is 24.2 Å². The fraction of sp³-hybridized carbons (Fsp3) is 0.583. The molecule has 0 aliphatic carbocycles. The maximum Gasteiger partial charge on any atom is 0.404 e. The van der Waals surface area contributed by atoms with Crippen LogP contribution in [0.5, 0.6) is 0 Å². The Labute approximate surface area is 119 Å². The zero-order chi connectivity index (χ0) is 14.9. The van der Waals surface area contributed by atoms with Crippen molar-refractivity contribution in [3.8, 4) is 0 Å². The largest absolute Gasteiger partial charge is 0.404 e. The maximum absolute atomic E-state index is 12.7. The molecule has 0 bridgehead atoms. The zero-order valence-corrected chi connectivity index (χ0v) is 11.6. The molecule has 112 valence electrons. The minimum Gasteiger partial charge on any atom is -0.356 e. The lowest BCUT2D eigenvalue weighted by molar-refractivity contribution is -0.188. The molecule has 0 aromatic carbocycles. The molecule has 1 aromatic rings. The molecule has 8 heteroatoms. The molecular weight excluding hydrogens is 295 g/mol. The van der Waals surface area contributed by atoms with Gasteiger partial charge in [0.25, 0.3) is 5.91 Å². The Bertz CT molecular complexity index is 489. The van der Waals surface area contributed by atoms with Crippen LogP contribution < -0.4 is 5.32 Å². The number of amides is 1. The number of alkyl halides is 3. The van der Waals surface area contributed by atoms with E-state index in [0.29, 0.717) is 17.1 Å². The number of likely N-dealkylation sites (tertiary alicyclic amines) is 1. The Kier molecular flexibility index (Phi) is 4.29. The number of likely N-dealkylation sites (N-methyl/N-ethyl adjacent to an activating group) is 1. The molecule has 0 radical (unpaired) electrons. The molecule has 1 aliphatic heterocycles. The lowest BCUT2D eigenvalue weighted by Gasteiger charge is -2.38. The molecule has 2 rings (SSSR count). The lowest BCUT2D eigenvalue weighted by atomic mass is 9.98. The number of hydrogen-bond acceptors (Lipinski definition) is 2. The molecular formula is C12H15ClF3N3O. The normalized spacial score (nSPS) is 24.6. The van der Waals surface area contributed by atoms with Gasteiger partial charge >= 0.3 is 6.18 Å². The van der Waals surface area contributed by atoms with Crippen LogP contribution in [0.4, 0.5) is 13.2 Å². The first-order valence-electron chi connectivity index (χ1n) is 6.19. The molecule has 1 fully saturated rings. The van der Waals surface area contributed by atoms with Crippen LogP contribution in [-0.2, 0) is 0 Å². The van der Waals surface area contributed by atoms with Gasteiger partial charge in [-0.2, -0.15) is 13.2 Å². The second-order valence-corrected chi connectivity index (χ2v) is 5.41. The third-order valence-corrected chi connectivity index (χ3v) is 3.65. The summed E-state index contributed by atoms with van der Waals surface area (Å²) in [5, 5.41) is 3.12. The van der Waals surface area contributed by atoms with Gasteiger partial charge in [0, 0.05) is 18.8 Å². The molecule has 0 spiro atoms. The second-order valence-electron chi connectivity index (χ2n) is 4.98. The summed E-state index contributed by atoms with van der Waals surface area (Å²) in [5.41, 5.74) is 0.301. The Hall–Kier alpha value is -1.21. The van der Waals surface area contributed by atoms with Gasteiger partial charge in [-0.3, -0.25) is 9.69 Å². The van der Waals surface area contributed by atoms with Crippen LogP contribution in [0.3, 0.4) is 0 Å². The van der Waals surface area contributed by atoms with Crippen LogP contribution >= 0.6 is 11.6 Å². The van der Waals surface area contributed by atoms with Gasteiger partial charge in [-0.15, -0.1) is 0 Å². The van der Waals surface area contributed by atoms with Crippen molar-refractivity contribution >= 4 is 17.5 Å². The molecule has 1 amide bonds. The van der Waals surface area contributed by atoms with Crippen LogP contribution in [0.1, 0.15) is 23.3 Å². The third kappa shape index (κ3) is 3.46. The van der Waals surface area contributed by atoms with E-state index in [-0.39, 0.29) is 24.9 Å². The SMILES string of the molecule is CN1C[C@@H](NC(=O)c2cc(Cl)c[nH]2)CC[C@@H]1C(F)(F)F. The predicted octanol–water partition coefficient (Wildman–Crippen LogP) is 2.42. The number of carbonyl (C=O) groups excluding carboxylic acids is 1. The summed E-state index contributed by atoms with van der Waals surface area (Å²) < 4.78 is 38.1. The van der Waals surface area contributed by atoms with Crippen LogP contribution in [0.15, 0.2) is 12.3 Å². The number of carbonyl (C=O) groups is 1. The molecule has 2 atom stereocenters. The topological polar surface area (TPSA) is 48.1 Å². The Balaban J connectivity index is 1.92. The minimum atomic E-state index is -4.23. The fourth-order valence-corrected chi connectivity index (χ4v) is 2.60. The summed E-state index contributed by atoms with van der Waals surface area (Å²) in [5.74, 6) is -0.360. The Morgan fingerprint density at radius 2 is 2.20 bits per heavy atom. The van der Waals surface area contributed by atoms with E-state index in [1.54, 1.807) is 0 Å². The molecule has 1 aliphatic rings. The second kappa shape index (κ2) is 5.65. The highest BCUT2D eigenvalue weighted by Crippen LogP contribution is 2.30. The predicted molar refractivity (Wildman–Crippen MR) is 68.8 cm³/mol. The maximum atomic E-state index is 12.7. The number of rotatable bonds is 2. The quantitative estimate of drug-likeness (QED) is 0.881. The Morgan fingerprint density at radius 3 is 2.70 bits per heavy atom. The number of aromatic nitrogens is 1. The molecule has 0 unspecified atom stereocenters. The summed E-state index contributed by atoms with van der Waals surface area (Å²) in [6.45, 7) is 0.171. The molecule has 20 heavy (non-hydrogen) atoms. The fourth-order valence-electron chi connectivity index (χ4n) is 2.44. The van der Waals surface area contributed by atoms with E-state index in [1.807, 2.05) is 0 Å². The molecule has 4 nitrogen and oxygen atoms in total. The van der Waals surface area contributed by atoms with E-state index < -0.39 is 12.2 Å². The highest BCUT2D eigenvalue weighted by atomic mass is 35.5. The first kappa shape index (κ1) is 15.2. The van der Waals surface area contributed by atoms with E-state index >= 15 is 0 Å². The summed E-state index contributed by atoms with van der Waals surface area (Å²) in [6, 6.07) is -0.258. The summed E-state index contributed by atoms with van der Waals surface area (Å²) in [7, 11) is 1.42. The van der Waals surface area contributed by atoms with Gasteiger partial charge in [-0.05, 0) is 26.0 Å². The van der Waals surface area contributed by atoms with Crippen molar-refractivity contribution in [3.05, 3.63) is 23.0 Å². The number of H-pyrrole nitrogens is 1. The highest BCUT2D eigenvalue weighted by molar-refractivity contribution is 6.30. The molecule has 0 saturated carbocycles. The van der Waals surface area contributed by atoms with Gasteiger partial charge in [-0.1, -0.05) is 11.6 Å². The number of nitrogens with zero attached hydrogens (tertiary/aromatic N) is 1. The first-order valence-corrected chi connectivity index (χ1v) is 6.57. The monoisotopic (exact) mass is 309 g/mol. The van der Waals surface area contributed by atoms with Crippen LogP contribution in [0.2, 0.25) is 5.02 Å². The average Bonchev–Trinajstić information content (AvgIpc) is 2.74. The lowest BCUT2D eigenvalue weighted by Crippen LogP contribution is -2.54. The van der Waals surface area contributed by atoms with E-state index in [2.05, 4.69) is 10.3 Å². The van der Waals surface area contributed by atoms with Gasteiger partial charge < -0.3 is 10.3 Å². The third-order valence-electron chi connectivity index (χ3n) is 3.43. The number of piperidine rings is 1. The van der Waals surface area contributed by atoms with Gasteiger partial charge in [-0.25, -0.2) is 0 Å². The summed E-state index contributed by atoms with van der Waals surface area (Å²) >= 11 is 5.70. The van der Waals surface area contributed by atoms with Gasteiger partial charge in [0.2, 0.25) is 0 Å². The highest BCUT2D eigenvalue weighted by Gasteiger charge is 2.44. The molecule has 1 aromatic heterocycles. The summed E-state index contributed by atoms with van der Waals surface area (Å²) in [4.78, 5) is 15.8. The summed E-state index contributed by atoms with van der Waals surface area (Å²) in [6.07, 6.45) is -2.47. The standard InChI is InChI=1S/C12H15ClF3N3O/c1-19-6-8(2-3-10(19)12(14,15)16)18-11(20)9-4-7(13)5-17-9/h4-5,8,10,17H,2-3,6H2,1H3,(H,18,20)/t8-,10+/m0/s1. The number of aromatic amines is 1. The molecule has 2 heterocycles. The van der Waals surface area contributed by atoms with Crippen molar-refractivity contribution in [2.45, 2.75) is 31.1 Å². The number of halogens is 4. The van der Waals surface area contributed by atoms with Gasteiger partial charge in [0.15, 0.2) is 0 Å². The zero-order valence-electron chi connectivity index (χ0n) is 10.8. The van der Waals surface area contributed by atoms with Crippen molar-refractivity contribution in [1.82, 2.24) is 15.2 Å². The smallest absolute Gasteiger partial charge is 0.356 e. The minimum absolute atomic E-state index is 0.0174. The van der Waals surface area contributed by atoms with Crippen molar-refractivity contribution in [2.75, 3.05) is 13.6 Å². The number of nitrogens with one attached hydrogen (secondary N) is 2. The Morgan fingerprint density at radius 1 is 1.50 bits per heavy atom.